The molecule has 1 aromatic rings. The van der Waals surface area contributed by atoms with Crippen molar-refractivity contribution in [2.45, 2.75) is 33.2 Å². The number of rotatable bonds is 6. The van der Waals surface area contributed by atoms with E-state index < -0.39 is 0 Å². The van der Waals surface area contributed by atoms with E-state index in [0.29, 0.717) is 5.92 Å². The maximum Gasteiger partial charge on any atom is 0.123 e. The van der Waals surface area contributed by atoms with Gasteiger partial charge in [0.25, 0.3) is 0 Å². The van der Waals surface area contributed by atoms with Gasteiger partial charge in [0, 0.05) is 11.8 Å². The summed E-state index contributed by atoms with van der Waals surface area (Å²) in [7, 11) is 0. The molecule has 0 aromatic heterocycles. The Morgan fingerprint density at radius 2 is 2.00 bits per heavy atom. The summed E-state index contributed by atoms with van der Waals surface area (Å²) in [6, 6.07) is 5.08. The third-order valence-corrected chi connectivity index (χ3v) is 4.14. The van der Waals surface area contributed by atoms with Gasteiger partial charge in [-0.15, -0.1) is 0 Å². The minimum absolute atomic E-state index is 0.155. The van der Waals surface area contributed by atoms with Crippen LogP contribution in [0.4, 0.5) is 4.39 Å². The molecular formula is C14H22FNS. The summed E-state index contributed by atoms with van der Waals surface area (Å²) in [5.74, 6) is 2.65. The molecule has 0 aliphatic heterocycles. The number of halogens is 1. The molecule has 1 rings (SSSR count). The minimum atomic E-state index is -0.172. The highest BCUT2D eigenvalue weighted by molar-refractivity contribution is 7.99. The average molecular weight is 255 g/mol. The second-order valence-electron chi connectivity index (χ2n) is 4.97. The summed E-state index contributed by atoms with van der Waals surface area (Å²) >= 11 is 1.90. The van der Waals surface area contributed by atoms with Crippen LogP contribution in [0.2, 0.25) is 0 Å². The summed E-state index contributed by atoms with van der Waals surface area (Å²) in [6.07, 6.45) is 0.831. The fourth-order valence-electron chi connectivity index (χ4n) is 1.68. The molecule has 0 amide bonds. The lowest BCUT2D eigenvalue weighted by Crippen LogP contribution is -2.26. The average Bonchev–Trinajstić information content (AvgIpc) is 2.21. The van der Waals surface area contributed by atoms with Crippen molar-refractivity contribution >= 4 is 11.8 Å². The molecule has 2 N–H and O–H groups in total. The van der Waals surface area contributed by atoms with Crippen molar-refractivity contribution in [3.8, 4) is 0 Å². The Kier molecular flexibility index (Phi) is 6.00. The quantitative estimate of drug-likeness (QED) is 0.843. The molecule has 0 aliphatic carbocycles. The molecule has 1 atom stereocenters. The van der Waals surface area contributed by atoms with Gasteiger partial charge in [-0.25, -0.2) is 4.39 Å². The molecule has 1 nitrogen and oxygen atoms in total. The van der Waals surface area contributed by atoms with Gasteiger partial charge in [0.1, 0.15) is 5.82 Å². The molecule has 1 aromatic carbocycles. The summed E-state index contributed by atoms with van der Waals surface area (Å²) in [4.78, 5) is 0. The molecule has 17 heavy (non-hydrogen) atoms. The fourth-order valence-corrected chi connectivity index (χ4v) is 2.71. The highest BCUT2D eigenvalue weighted by atomic mass is 32.2. The van der Waals surface area contributed by atoms with E-state index >= 15 is 0 Å². The van der Waals surface area contributed by atoms with E-state index in [-0.39, 0.29) is 11.9 Å². The first kappa shape index (κ1) is 14.5. The van der Waals surface area contributed by atoms with Crippen LogP contribution in [0.5, 0.6) is 0 Å². The van der Waals surface area contributed by atoms with E-state index in [1.165, 1.54) is 6.07 Å². The van der Waals surface area contributed by atoms with E-state index in [9.17, 15) is 4.39 Å². The third-order valence-electron chi connectivity index (χ3n) is 2.57. The number of hydrogen-bond acceptors (Lipinski definition) is 2. The molecule has 0 spiro atoms. The Labute approximate surface area is 108 Å². The van der Waals surface area contributed by atoms with Crippen molar-refractivity contribution in [3.05, 3.63) is 35.1 Å². The highest BCUT2D eigenvalue weighted by Gasteiger charge is 2.07. The van der Waals surface area contributed by atoms with Gasteiger partial charge in [-0.3, -0.25) is 0 Å². The molecule has 0 saturated heterocycles. The topological polar surface area (TPSA) is 26.0 Å². The predicted octanol–water partition coefficient (Wildman–Crippen LogP) is 3.39. The monoisotopic (exact) mass is 255 g/mol. The van der Waals surface area contributed by atoms with Crippen LogP contribution in [0, 0.1) is 18.7 Å². The first-order valence-corrected chi connectivity index (χ1v) is 7.23. The first-order chi connectivity index (χ1) is 7.99. The molecule has 0 aliphatic rings. The van der Waals surface area contributed by atoms with Crippen LogP contribution in [0.25, 0.3) is 0 Å². The van der Waals surface area contributed by atoms with E-state index in [4.69, 9.17) is 5.73 Å². The minimum Gasteiger partial charge on any atom is -0.327 e. The van der Waals surface area contributed by atoms with Gasteiger partial charge in [-0.05, 0) is 48.3 Å². The van der Waals surface area contributed by atoms with Crippen LogP contribution >= 0.6 is 11.8 Å². The molecule has 0 radical (unpaired) electrons. The van der Waals surface area contributed by atoms with Crippen LogP contribution in [0.1, 0.15) is 25.0 Å². The fraction of sp³-hybridized carbons (Fsp3) is 0.571. The number of aryl methyl sites for hydroxylation is 1. The Hall–Kier alpha value is -0.540. The van der Waals surface area contributed by atoms with Crippen molar-refractivity contribution in [3.63, 3.8) is 0 Å². The summed E-state index contributed by atoms with van der Waals surface area (Å²) in [5, 5.41) is 0. The number of benzene rings is 1. The van der Waals surface area contributed by atoms with Crippen LogP contribution in [0.15, 0.2) is 18.2 Å². The summed E-state index contributed by atoms with van der Waals surface area (Å²) in [5.41, 5.74) is 8.24. The number of hydrogen-bond donors (Lipinski definition) is 1. The normalized spacial score (nSPS) is 13.1. The lowest BCUT2D eigenvalue weighted by Gasteiger charge is -2.14. The van der Waals surface area contributed by atoms with Gasteiger partial charge >= 0.3 is 0 Å². The second kappa shape index (κ2) is 7.02. The zero-order valence-corrected chi connectivity index (χ0v) is 11.7. The summed E-state index contributed by atoms with van der Waals surface area (Å²) in [6.45, 7) is 6.36. The van der Waals surface area contributed by atoms with Crippen molar-refractivity contribution < 1.29 is 4.39 Å². The van der Waals surface area contributed by atoms with Gasteiger partial charge in [-0.1, -0.05) is 19.9 Å². The zero-order chi connectivity index (χ0) is 12.8. The van der Waals surface area contributed by atoms with Crippen LogP contribution in [-0.2, 0) is 6.42 Å². The van der Waals surface area contributed by atoms with E-state index in [1.807, 2.05) is 24.8 Å². The Balaban J connectivity index is 2.42. The standard InChI is InChI=1S/C14H22FNS/c1-10(2)8-17-9-14(16)7-12-4-5-13(15)6-11(12)3/h4-6,10,14H,7-9,16H2,1-3H3. The van der Waals surface area contributed by atoms with Gasteiger partial charge in [0.2, 0.25) is 0 Å². The van der Waals surface area contributed by atoms with Crippen molar-refractivity contribution in [1.82, 2.24) is 0 Å². The SMILES string of the molecule is Cc1cc(F)ccc1CC(N)CSCC(C)C. The molecule has 0 saturated carbocycles. The Morgan fingerprint density at radius 3 is 2.59 bits per heavy atom. The van der Waals surface area contributed by atoms with Crippen LogP contribution in [0.3, 0.4) is 0 Å². The molecule has 0 heterocycles. The van der Waals surface area contributed by atoms with Gasteiger partial charge < -0.3 is 5.73 Å². The molecule has 0 fully saturated rings. The number of thioether (sulfide) groups is 1. The molecule has 96 valence electrons. The van der Waals surface area contributed by atoms with Crippen molar-refractivity contribution in [1.29, 1.82) is 0 Å². The van der Waals surface area contributed by atoms with E-state index in [0.717, 1.165) is 29.1 Å². The molecule has 3 heteroatoms. The van der Waals surface area contributed by atoms with Crippen molar-refractivity contribution in [2.75, 3.05) is 11.5 Å². The molecule has 1 unspecified atom stereocenters. The van der Waals surface area contributed by atoms with Crippen LogP contribution in [-0.4, -0.2) is 17.5 Å². The predicted molar refractivity (Wildman–Crippen MR) is 75.0 cm³/mol. The molecular weight excluding hydrogens is 233 g/mol. The van der Waals surface area contributed by atoms with Gasteiger partial charge in [-0.2, -0.15) is 11.8 Å². The number of nitrogens with two attached hydrogens (primary N) is 1. The lowest BCUT2D eigenvalue weighted by atomic mass is 10.0. The lowest BCUT2D eigenvalue weighted by molar-refractivity contribution is 0.624. The Morgan fingerprint density at radius 1 is 1.29 bits per heavy atom. The third kappa shape index (κ3) is 5.55. The maximum absolute atomic E-state index is 12.9. The maximum atomic E-state index is 12.9. The summed E-state index contributed by atoms with van der Waals surface area (Å²) < 4.78 is 12.9. The Bertz CT molecular complexity index is 352. The molecule has 0 bridgehead atoms. The van der Waals surface area contributed by atoms with E-state index in [1.54, 1.807) is 6.07 Å². The van der Waals surface area contributed by atoms with Gasteiger partial charge in [0.15, 0.2) is 0 Å². The largest absolute Gasteiger partial charge is 0.327 e. The first-order valence-electron chi connectivity index (χ1n) is 6.07. The zero-order valence-electron chi connectivity index (χ0n) is 10.9. The second-order valence-corrected chi connectivity index (χ2v) is 6.04. The smallest absolute Gasteiger partial charge is 0.123 e. The van der Waals surface area contributed by atoms with Gasteiger partial charge in [0.05, 0.1) is 0 Å². The van der Waals surface area contributed by atoms with Crippen molar-refractivity contribution in [2.24, 2.45) is 11.7 Å². The van der Waals surface area contributed by atoms with Crippen LogP contribution < -0.4 is 5.73 Å². The highest BCUT2D eigenvalue weighted by Crippen LogP contribution is 2.14. The van der Waals surface area contributed by atoms with E-state index in [2.05, 4.69) is 13.8 Å².